The molecule has 10 heteroatoms. The highest BCUT2D eigenvalue weighted by atomic mass is 35.5. The molecule has 0 bridgehead atoms. The number of nitrogens with zero attached hydrogens (tertiary/aromatic N) is 1. The van der Waals surface area contributed by atoms with Crippen LogP contribution in [0.1, 0.15) is 28.8 Å². The molecule has 2 amide bonds. The van der Waals surface area contributed by atoms with Gasteiger partial charge in [0.1, 0.15) is 5.76 Å². The van der Waals surface area contributed by atoms with E-state index in [0.29, 0.717) is 28.7 Å². The number of furan rings is 1. The number of ether oxygens (including phenoxy) is 3. The normalized spacial score (nSPS) is 15.1. The molecule has 8 nitrogen and oxygen atoms in total. The number of esters is 1. The van der Waals surface area contributed by atoms with Crippen LogP contribution in [0, 0.1) is 0 Å². The van der Waals surface area contributed by atoms with Gasteiger partial charge in [-0.15, -0.1) is 0 Å². The molecule has 1 fully saturated rings. The van der Waals surface area contributed by atoms with E-state index in [1.165, 1.54) is 32.4 Å². The van der Waals surface area contributed by atoms with Gasteiger partial charge in [-0.25, -0.2) is 4.79 Å². The number of amides is 2. The van der Waals surface area contributed by atoms with E-state index in [9.17, 15) is 14.4 Å². The van der Waals surface area contributed by atoms with Crippen LogP contribution in [0.2, 0.25) is 5.02 Å². The number of thioether (sulfide) groups is 1. The van der Waals surface area contributed by atoms with Crippen LogP contribution in [0.15, 0.2) is 33.6 Å². The first-order chi connectivity index (χ1) is 14.4. The Bertz CT molecular complexity index is 1030. The van der Waals surface area contributed by atoms with E-state index in [4.69, 9.17) is 25.5 Å². The second kappa shape index (κ2) is 9.27. The lowest BCUT2D eigenvalue weighted by Gasteiger charge is -2.12. The Kier molecular flexibility index (Phi) is 6.73. The summed E-state index contributed by atoms with van der Waals surface area (Å²) in [7, 11) is 2.72. The summed E-state index contributed by atoms with van der Waals surface area (Å²) >= 11 is 7.10. The average molecular weight is 452 g/mol. The highest BCUT2D eigenvalue weighted by molar-refractivity contribution is 8.18. The fraction of sp³-hybridized carbons (Fsp3) is 0.250. The van der Waals surface area contributed by atoms with Gasteiger partial charge in [-0.05, 0) is 48.5 Å². The zero-order valence-electron chi connectivity index (χ0n) is 16.4. The van der Waals surface area contributed by atoms with Crippen LogP contribution in [0.5, 0.6) is 11.5 Å². The highest BCUT2D eigenvalue weighted by Gasteiger charge is 2.36. The third kappa shape index (κ3) is 4.47. The molecule has 3 rings (SSSR count). The summed E-state index contributed by atoms with van der Waals surface area (Å²) in [6.45, 7) is 2.17. The lowest BCUT2D eigenvalue weighted by atomic mass is 10.1. The lowest BCUT2D eigenvalue weighted by molar-refractivity contribution is -0.123. The number of hydrogen-bond acceptors (Lipinski definition) is 8. The van der Waals surface area contributed by atoms with Crippen molar-refractivity contribution >= 4 is 46.6 Å². The largest absolute Gasteiger partial charge is 0.493 e. The van der Waals surface area contributed by atoms with Gasteiger partial charge in [0.25, 0.3) is 11.1 Å². The molecule has 0 saturated carbocycles. The van der Waals surface area contributed by atoms with Crippen LogP contribution in [0.25, 0.3) is 6.08 Å². The molecule has 1 aromatic heterocycles. The molecule has 0 N–H and O–H groups in total. The molecule has 1 aromatic carbocycles. The summed E-state index contributed by atoms with van der Waals surface area (Å²) < 4.78 is 20.7. The van der Waals surface area contributed by atoms with Gasteiger partial charge in [-0.3, -0.25) is 14.5 Å². The van der Waals surface area contributed by atoms with Crippen LogP contribution >= 0.6 is 23.4 Å². The maximum atomic E-state index is 12.7. The number of hydrogen-bond donors (Lipinski definition) is 0. The highest BCUT2D eigenvalue weighted by Crippen LogP contribution is 2.38. The van der Waals surface area contributed by atoms with Crippen LogP contribution in [-0.2, 0) is 16.1 Å². The van der Waals surface area contributed by atoms with Crippen molar-refractivity contribution in [2.24, 2.45) is 0 Å². The van der Waals surface area contributed by atoms with Gasteiger partial charge in [0.2, 0.25) is 5.76 Å². The van der Waals surface area contributed by atoms with Crippen LogP contribution in [-0.4, -0.2) is 42.8 Å². The number of halogens is 1. The average Bonchev–Trinajstić information content (AvgIpc) is 3.30. The van der Waals surface area contributed by atoms with Crippen molar-refractivity contribution in [1.82, 2.24) is 4.90 Å². The molecule has 2 aromatic rings. The summed E-state index contributed by atoms with van der Waals surface area (Å²) in [6.07, 6.45) is 1.52. The minimum atomic E-state index is -0.644. The predicted octanol–water partition coefficient (Wildman–Crippen LogP) is 4.36. The summed E-state index contributed by atoms with van der Waals surface area (Å²) in [5.74, 6) is 0.0643. The number of rotatable bonds is 7. The van der Waals surface area contributed by atoms with Gasteiger partial charge in [0.15, 0.2) is 11.5 Å². The van der Waals surface area contributed by atoms with Gasteiger partial charge >= 0.3 is 5.97 Å². The minimum absolute atomic E-state index is 0.0109. The monoisotopic (exact) mass is 451 g/mol. The maximum absolute atomic E-state index is 12.7. The molecule has 2 heterocycles. The Labute approximate surface area is 181 Å². The summed E-state index contributed by atoms with van der Waals surface area (Å²) in [5.41, 5.74) is 0.508. The topological polar surface area (TPSA) is 95.3 Å². The molecule has 1 saturated heterocycles. The first-order valence-corrected chi connectivity index (χ1v) is 10.00. The Hall–Kier alpha value is -2.91. The predicted molar refractivity (Wildman–Crippen MR) is 111 cm³/mol. The van der Waals surface area contributed by atoms with Crippen molar-refractivity contribution < 1.29 is 33.0 Å². The Morgan fingerprint density at radius 1 is 1.23 bits per heavy atom. The van der Waals surface area contributed by atoms with Crippen LogP contribution in [0.4, 0.5) is 4.79 Å². The Morgan fingerprint density at radius 3 is 2.67 bits per heavy atom. The van der Waals surface area contributed by atoms with Gasteiger partial charge in [0, 0.05) is 6.07 Å². The van der Waals surface area contributed by atoms with E-state index >= 15 is 0 Å². The molecule has 0 unspecified atom stereocenters. The van der Waals surface area contributed by atoms with Gasteiger partial charge in [-0.2, -0.15) is 0 Å². The SMILES string of the molecule is CCOc1cc(Cl)c(/C=C2/SC(=O)N(Cc3ccc(C(=O)OC)o3)C2=O)cc1OC. The van der Waals surface area contributed by atoms with Crippen molar-refractivity contribution in [3.63, 3.8) is 0 Å². The van der Waals surface area contributed by atoms with E-state index in [0.717, 1.165) is 16.7 Å². The Balaban J connectivity index is 1.83. The first kappa shape index (κ1) is 21.8. The summed E-state index contributed by atoms with van der Waals surface area (Å²) in [5, 5.41) is -0.115. The van der Waals surface area contributed by atoms with Gasteiger partial charge < -0.3 is 18.6 Å². The molecular weight excluding hydrogens is 434 g/mol. The quantitative estimate of drug-likeness (QED) is 0.452. The summed E-state index contributed by atoms with van der Waals surface area (Å²) in [4.78, 5) is 37.8. The van der Waals surface area contributed by atoms with Crippen molar-refractivity contribution in [3.8, 4) is 11.5 Å². The number of carbonyl (C=O) groups excluding carboxylic acids is 3. The van der Waals surface area contributed by atoms with Gasteiger partial charge in [0.05, 0.1) is 37.3 Å². The molecular formula is C20H18ClNO7S. The second-order valence-corrected chi connectivity index (χ2v) is 7.38. The molecule has 30 heavy (non-hydrogen) atoms. The minimum Gasteiger partial charge on any atom is -0.493 e. The van der Waals surface area contributed by atoms with Crippen molar-refractivity contribution in [3.05, 3.63) is 51.3 Å². The van der Waals surface area contributed by atoms with E-state index in [-0.39, 0.29) is 23.0 Å². The number of methoxy groups -OCH3 is 2. The van der Waals surface area contributed by atoms with E-state index in [1.807, 2.05) is 6.92 Å². The number of benzene rings is 1. The molecule has 0 radical (unpaired) electrons. The van der Waals surface area contributed by atoms with E-state index in [2.05, 4.69) is 4.74 Å². The first-order valence-electron chi connectivity index (χ1n) is 8.80. The van der Waals surface area contributed by atoms with E-state index in [1.54, 1.807) is 12.1 Å². The van der Waals surface area contributed by atoms with Crippen molar-refractivity contribution in [2.45, 2.75) is 13.5 Å². The standard InChI is InChI=1S/C20H18ClNO7S/c1-4-28-16-9-13(21)11(7-15(16)26-2)8-17-18(23)22(20(25)30-17)10-12-5-6-14(29-12)19(24)27-3/h5-9H,4,10H2,1-3H3/b17-8+. The number of carbonyl (C=O) groups is 3. The smallest absolute Gasteiger partial charge is 0.373 e. The molecule has 1 aliphatic heterocycles. The zero-order chi connectivity index (χ0) is 21.8. The molecule has 0 aliphatic carbocycles. The van der Waals surface area contributed by atoms with Crippen molar-refractivity contribution in [1.29, 1.82) is 0 Å². The second-order valence-electron chi connectivity index (χ2n) is 5.98. The van der Waals surface area contributed by atoms with Crippen LogP contribution in [0.3, 0.4) is 0 Å². The Morgan fingerprint density at radius 2 is 2.00 bits per heavy atom. The van der Waals surface area contributed by atoms with Crippen LogP contribution < -0.4 is 9.47 Å². The maximum Gasteiger partial charge on any atom is 0.373 e. The zero-order valence-corrected chi connectivity index (χ0v) is 18.0. The lowest BCUT2D eigenvalue weighted by Crippen LogP contribution is -2.27. The summed E-state index contributed by atoms with van der Waals surface area (Å²) in [6, 6.07) is 6.16. The van der Waals surface area contributed by atoms with Gasteiger partial charge in [-0.1, -0.05) is 11.6 Å². The molecule has 1 aliphatic rings. The number of imide groups is 1. The van der Waals surface area contributed by atoms with Crippen molar-refractivity contribution in [2.75, 3.05) is 20.8 Å². The molecule has 158 valence electrons. The fourth-order valence-electron chi connectivity index (χ4n) is 2.70. The third-order valence-corrected chi connectivity index (χ3v) is 5.34. The van der Waals surface area contributed by atoms with E-state index < -0.39 is 17.1 Å². The molecule has 0 spiro atoms. The third-order valence-electron chi connectivity index (χ3n) is 4.11. The fourth-order valence-corrected chi connectivity index (χ4v) is 3.73. The molecule has 0 atom stereocenters.